The summed E-state index contributed by atoms with van der Waals surface area (Å²) in [6.45, 7) is 4.22. The molecular formula is C12H15N3O3S. The van der Waals surface area contributed by atoms with E-state index < -0.39 is 17.2 Å². The van der Waals surface area contributed by atoms with Gasteiger partial charge in [-0.2, -0.15) is 0 Å². The Balaban J connectivity index is 2.28. The maximum Gasteiger partial charge on any atom is 0.243 e. The molecule has 0 atom stereocenters. The summed E-state index contributed by atoms with van der Waals surface area (Å²) in [5.41, 5.74) is -1.33. The summed E-state index contributed by atoms with van der Waals surface area (Å²) in [5, 5.41) is 4.90. The fourth-order valence-corrected chi connectivity index (χ4v) is 2.60. The van der Waals surface area contributed by atoms with Crippen molar-refractivity contribution in [1.82, 2.24) is 15.5 Å². The number of rotatable bonds is 4. The highest BCUT2D eigenvalue weighted by Crippen LogP contribution is 2.29. The summed E-state index contributed by atoms with van der Waals surface area (Å²) in [7, 11) is 0. The van der Waals surface area contributed by atoms with Gasteiger partial charge in [-0.1, -0.05) is 6.08 Å². The molecule has 6 nitrogen and oxygen atoms in total. The number of likely N-dealkylation sites (tertiary alicyclic amines) is 1. The molecule has 3 amide bonds. The molecular weight excluding hydrogens is 266 g/mol. The van der Waals surface area contributed by atoms with Gasteiger partial charge in [-0.15, -0.1) is 6.58 Å². The average Bonchev–Trinajstić information content (AvgIpc) is 2.72. The van der Waals surface area contributed by atoms with Crippen molar-refractivity contribution in [1.29, 1.82) is 0 Å². The van der Waals surface area contributed by atoms with E-state index in [-0.39, 0.29) is 24.0 Å². The zero-order valence-electron chi connectivity index (χ0n) is 10.4. The molecule has 0 aromatic heterocycles. The van der Waals surface area contributed by atoms with Crippen LogP contribution in [0.1, 0.15) is 19.3 Å². The predicted molar refractivity (Wildman–Crippen MR) is 71.9 cm³/mol. The molecule has 0 aromatic rings. The Bertz CT molecular complexity index is 455. The number of hydrogen-bond acceptors (Lipinski definition) is 4. The summed E-state index contributed by atoms with van der Waals surface area (Å²) in [5.74, 6) is -0.973. The predicted octanol–water partition coefficient (Wildman–Crippen LogP) is -0.298. The molecule has 0 aromatic carbocycles. The topological polar surface area (TPSA) is 78.5 Å². The molecule has 0 unspecified atom stereocenters. The monoisotopic (exact) mass is 281 g/mol. The minimum Gasteiger partial charge on any atom is -0.341 e. The summed E-state index contributed by atoms with van der Waals surface area (Å²) >= 11 is 4.78. The van der Waals surface area contributed by atoms with E-state index in [4.69, 9.17) is 12.2 Å². The van der Waals surface area contributed by atoms with Crippen LogP contribution in [0, 0.1) is 5.41 Å². The molecule has 19 heavy (non-hydrogen) atoms. The Morgan fingerprint density at radius 3 is 2.42 bits per heavy atom. The fourth-order valence-electron chi connectivity index (χ4n) is 2.42. The van der Waals surface area contributed by atoms with Crippen LogP contribution in [0.4, 0.5) is 0 Å². The maximum absolute atomic E-state index is 12.2. The van der Waals surface area contributed by atoms with Crippen molar-refractivity contribution in [3.05, 3.63) is 12.7 Å². The molecule has 2 fully saturated rings. The van der Waals surface area contributed by atoms with Gasteiger partial charge in [0.1, 0.15) is 5.41 Å². The first-order valence-electron chi connectivity index (χ1n) is 6.05. The summed E-state index contributed by atoms with van der Waals surface area (Å²) in [6.07, 6.45) is 2.89. The smallest absolute Gasteiger partial charge is 0.243 e. The van der Waals surface area contributed by atoms with Crippen molar-refractivity contribution in [2.75, 3.05) is 13.1 Å². The lowest BCUT2D eigenvalue weighted by atomic mass is 9.80. The number of nitrogens with one attached hydrogen (secondary N) is 2. The van der Waals surface area contributed by atoms with Gasteiger partial charge in [-0.05, 0) is 25.1 Å². The van der Waals surface area contributed by atoms with Gasteiger partial charge in [0.05, 0.1) is 0 Å². The van der Waals surface area contributed by atoms with Crippen LogP contribution in [0.2, 0.25) is 0 Å². The molecule has 2 heterocycles. The van der Waals surface area contributed by atoms with E-state index in [1.807, 2.05) is 0 Å². The molecule has 2 aliphatic heterocycles. The van der Waals surface area contributed by atoms with Gasteiger partial charge in [0.15, 0.2) is 5.11 Å². The molecule has 0 bridgehead atoms. The van der Waals surface area contributed by atoms with Gasteiger partial charge in [0.2, 0.25) is 17.7 Å². The van der Waals surface area contributed by atoms with Crippen LogP contribution in [-0.2, 0) is 14.4 Å². The quantitative estimate of drug-likeness (QED) is 0.421. The zero-order valence-corrected chi connectivity index (χ0v) is 11.2. The molecule has 7 heteroatoms. The molecule has 0 saturated carbocycles. The first kappa shape index (κ1) is 13.7. The van der Waals surface area contributed by atoms with Crippen LogP contribution >= 0.6 is 12.2 Å². The summed E-state index contributed by atoms with van der Waals surface area (Å²) < 4.78 is 0. The van der Waals surface area contributed by atoms with E-state index in [2.05, 4.69) is 17.2 Å². The number of carbonyl (C=O) groups is 3. The minimum absolute atomic E-state index is 0.00226. The number of allylic oxidation sites excluding steroid dienone is 1. The normalized spacial score (nSPS) is 22.2. The van der Waals surface area contributed by atoms with Crippen LogP contribution in [0.15, 0.2) is 12.7 Å². The fraction of sp³-hybridized carbons (Fsp3) is 0.500. The third-order valence-corrected chi connectivity index (χ3v) is 3.65. The average molecular weight is 281 g/mol. The number of hydrogen-bond donors (Lipinski definition) is 2. The van der Waals surface area contributed by atoms with Gasteiger partial charge < -0.3 is 15.5 Å². The Morgan fingerprint density at radius 2 is 1.95 bits per heavy atom. The van der Waals surface area contributed by atoms with E-state index in [0.29, 0.717) is 13.0 Å². The van der Waals surface area contributed by atoms with Crippen molar-refractivity contribution in [2.45, 2.75) is 19.3 Å². The van der Waals surface area contributed by atoms with Crippen LogP contribution in [-0.4, -0.2) is 40.8 Å². The third-order valence-electron chi connectivity index (χ3n) is 3.45. The molecule has 102 valence electrons. The number of amides is 3. The second kappa shape index (κ2) is 5.08. The lowest BCUT2D eigenvalue weighted by molar-refractivity contribution is -0.146. The van der Waals surface area contributed by atoms with Crippen LogP contribution in [0.25, 0.3) is 0 Å². The van der Waals surface area contributed by atoms with E-state index in [0.717, 1.165) is 6.42 Å². The Hall–Kier alpha value is -1.76. The second-order valence-corrected chi connectivity index (χ2v) is 5.14. The van der Waals surface area contributed by atoms with Gasteiger partial charge in [0.25, 0.3) is 0 Å². The Labute approximate surface area is 116 Å². The first-order chi connectivity index (χ1) is 8.99. The molecule has 0 aliphatic carbocycles. The van der Waals surface area contributed by atoms with Gasteiger partial charge in [-0.25, -0.2) is 0 Å². The van der Waals surface area contributed by atoms with Crippen molar-refractivity contribution in [2.24, 2.45) is 5.41 Å². The third kappa shape index (κ3) is 2.37. The highest BCUT2D eigenvalue weighted by atomic mass is 32.1. The molecule has 0 spiro atoms. The van der Waals surface area contributed by atoms with E-state index in [1.54, 1.807) is 4.90 Å². The summed E-state index contributed by atoms with van der Waals surface area (Å²) in [6, 6.07) is 0. The van der Waals surface area contributed by atoms with Crippen LogP contribution in [0.3, 0.4) is 0 Å². The van der Waals surface area contributed by atoms with Crippen molar-refractivity contribution in [3.63, 3.8) is 0 Å². The van der Waals surface area contributed by atoms with Gasteiger partial charge in [0, 0.05) is 19.5 Å². The Kier molecular flexibility index (Phi) is 3.66. The van der Waals surface area contributed by atoms with Gasteiger partial charge in [-0.3, -0.25) is 14.4 Å². The highest BCUT2D eigenvalue weighted by molar-refractivity contribution is 7.80. The van der Waals surface area contributed by atoms with Crippen molar-refractivity contribution >= 4 is 35.1 Å². The molecule has 2 rings (SSSR count). The largest absolute Gasteiger partial charge is 0.341 e. The summed E-state index contributed by atoms with van der Waals surface area (Å²) in [4.78, 5) is 37.6. The molecule has 2 N–H and O–H groups in total. The number of nitrogens with zero attached hydrogens (tertiary/aromatic N) is 1. The second-order valence-electron chi connectivity index (χ2n) is 4.73. The lowest BCUT2D eigenvalue weighted by Gasteiger charge is -2.36. The standard InChI is InChI=1S/C12H15N3O3S/c1-2-5-12(7-15-6-3-4-8(15)16)9(17)13-11(19)14-10(12)18/h2H,1,3-7H2,(H2,13,14,17,18,19). The maximum atomic E-state index is 12.2. The number of thiocarbonyl (C=S) groups is 1. The van der Waals surface area contributed by atoms with Crippen molar-refractivity contribution in [3.8, 4) is 0 Å². The Morgan fingerprint density at radius 1 is 1.32 bits per heavy atom. The minimum atomic E-state index is -1.33. The highest BCUT2D eigenvalue weighted by Gasteiger charge is 2.50. The SMILES string of the molecule is C=CCC1(CN2CCCC2=O)C(=O)NC(=S)NC1=O. The zero-order chi connectivity index (χ0) is 14.0. The van der Waals surface area contributed by atoms with Crippen LogP contribution in [0.5, 0.6) is 0 Å². The van der Waals surface area contributed by atoms with E-state index >= 15 is 0 Å². The molecule has 0 radical (unpaired) electrons. The number of carbonyl (C=O) groups excluding carboxylic acids is 3. The van der Waals surface area contributed by atoms with E-state index in [9.17, 15) is 14.4 Å². The first-order valence-corrected chi connectivity index (χ1v) is 6.46. The van der Waals surface area contributed by atoms with Crippen molar-refractivity contribution < 1.29 is 14.4 Å². The van der Waals surface area contributed by atoms with Gasteiger partial charge >= 0.3 is 0 Å². The lowest BCUT2D eigenvalue weighted by Crippen LogP contribution is -2.65. The molecule has 2 saturated heterocycles. The molecule has 2 aliphatic rings. The van der Waals surface area contributed by atoms with Crippen LogP contribution < -0.4 is 10.6 Å². The van der Waals surface area contributed by atoms with E-state index in [1.165, 1.54) is 6.08 Å².